The first kappa shape index (κ1) is 9.01. The summed E-state index contributed by atoms with van der Waals surface area (Å²) in [6.45, 7) is 4.85. The van der Waals surface area contributed by atoms with E-state index in [2.05, 4.69) is 13.8 Å². The van der Waals surface area contributed by atoms with E-state index < -0.39 is 22.7 Å². The second-order valence-corrected chi connectivity index (χ2v) is 18.6. The van der Waals surface area contributed by atoms with Gasteiger partial charge in [0, 0.05) is 0 Å². The molecule has 0 aliphatic carbocycles. The third kappa shape index (κ3) is 2.21. The molecule has 1 heterocycles. The Labute approximate surface area is 73.5 Å². The van der Waals surface area contributed by atoms with Crippen molar-refractivity contribution >= 4 is 22.7 Å². The van der Waals surface area contributed by atoms with Crippen LogP contribution in [0.3, 0.4) is 0 Å². The van der Waals surface area contributed by atoms with E-state index >= 15 is 0 Å². The van der Waals surface area contributed by atoms with Crippen molar-refractivity contribution in [2.24, 2.45) is 0 Å². The Bertz CT molecular complexity index is 78.7. The molecule has 0 N–H and O–H groups in total. The van der Waals surface area contributed by atoms with E-state index in [1.807, 2.05) is 0 Å². The zero-order valence-corrected chi connectivity index (χ0v) is 11.9. The van der Waals surface area contributed by atoms with E-state index in [0.29, 0.717) is 0 Å². The fourth-order valence-corrected chi connectivity index (χ4v) is 16.9. The van der Waals surface area contributed by atoms with Gasteiger partial charge in [0.2, 0.25) is 0 Å². The number of rotatable bonds is 2. The molecule has 58 valence electrons. The van der Waals surface area contributed by atoms with Gasteiger partial charge in [-0.1, -0.05) is 0 Å². The van der Waals surface area contributed by atoms with Crippen LogP contribution in [0.1, 0.15) is 39.5 Å². The molecule has 0 nitrogen and oxygen atoms in total. The molecule has 0 spiro atoms. The Kier molecular flexibility index (Phi) is 4.26. The molecular formula is C9H19Tl. The zero-order valence-electron chi connectivity index (χ0n) is 7.40. The summed E-state index contributed by atoms with van der Waals surface area (Å²) < 4.78 is 4.66. The molecule has 1 atom stereocenters. The summed E-state index contributed by atoms with van der Waals surface area (Å²) in [5.41, 5.74) is 0. The van der Waals surface area contributed by atoms with Crippen molar-refractivity contribution < 1.29 is 0 Å². The van der Waals surface area contributed by atoms with Crippen molar-refractivity contribution in [3.63, 3.8) is 0 Å². The van der Waals surface area contributed by atoms with Crippen LogP contribution < -0.4 is 0 Å². The first-order valence-corrected chi connectivity index (χ1v) is 13.8. The summed E-state index contributed by atoms with van der Waals surface area (Å²) in [5, 5.41) is 0. The fourth-order valence-electron chi connectivity index (χ4n) is 2.36. The van der Waals surface area contributed by atoms with Gasteiger partial charge in [0.15, 0.2) is 0 Å². The molecule has 1 aliphatic heterocycles. The third-order valence-corrected chi connectivity index (χ3v) is 20.0. The Morgan fingerprint density at radius 3 is 2.60 bits per heavy atom. The maximum absolute atomic E-state index is 2.44. The molecule has 1 saturated heterocycles. The Morgan fingerprint density at radius 1 is 1.30 bits per heavy atom. The molecular weight excluding hydrogens is 312 g/mol. The van der Waals surface area contributed by atoms with Crippen molar-refractivity contribution in [1.82, 2.24) is 0 Å². The predicted molar refractivity (Wildman–Crippen MR) is 48.9 cm³/mol. The summed E-state index contributed by atoms with van der Waals surface area (Å²) in [5.74, 6) is 0. The van der Waals surface area contributed by atoms with Crippen molar-refractivity contribution in [1.29, 1.82) is 0 Å². The first-order valence-electron chi connectivity index (χ1n) is 4.88. The summed E-state index contributed by atoms with van der Waals surface area (Å²) in [6.07, 6.45) is 6.27. The number of hydrogen-bond donors (Lipinski definition) is 0. The maximum atomic E-state index is 2.44. The first-order chi connectivity index (χ1) is 4.88. The molecule has 0 aromatic heterocycles. The Balaban J connectivity index is 2.34. The molecule has 0 aromatic rings. The van der Waals surface area contributed by atoms with Gasteiger partial charge in [-0.3, -0.25) is 0 Å². The molecule has 0 bridgehead atoms. The van der Waals surface area contributed by atoms with Crippen LogP contribution in [0, 0.1) is 0 Å². The molecule has 1 unspecified atom stereocenters. The van der Waals surface area contributed by atoms with E-state index in [0.717, 1.165) is 0 Å². The van der Waals surface area contributed by atoms with Gasteiger partial charge in [0.1, 0.15) is 0 Å². The molecule has 0 amide bonds. The van der Waals surface area contributed by atoms with Gasteiger partial charge in [-0.25, -0.2) is 0 Å². The van der Waals surface area contributed by atoms with Gasteiger partial charge in [0.25, 0.3) is 0 Å². The summed E-state index contributed by atoms with van der Waals surface area (Å²) >= 11 is -0.993. The summed E-state index contributed by atoms with van der Waals surface area (Å²) in [7, 11) is 0. The van der Waals surface area contributed by atoms with Crippen LogP contribution in [0.2, 0.25) is 11.4 Å². The average molecular weight is 332 g/mol. The van der Waals surface area contributed by atoms with Gasteiger partial charge in [0.05, 0.1) is 0 Å². The van der Waals surface area contributed by atoms with Gasteiger partial charge >= 0.3 is 73.7 Å². The van der Waals surface area contributed by atoms with Gasteiger partial charge < -0.3 is 0 Å². The predicted octanol–water partition coefficient (Wildman–Crippen LogP) is 3.47. The van der Waals surface area contributed by atoms with E-state index in [1.54, 1.807) is 27.2 Å². The fraction of sp³-hybridized carbons (Fsp3) is 1.00. The molecule has 1 heteroatoms. The monoisotopic (exact) mass is 332 g/mol. The van der Waals surface area contributed by atoms with Crippen molar-refractivity contribution in [2.45, 2.75) is 51.0 Å². The van der Waals surface area contributed by atoms with Crippen LogP contribution >= 0.6 is 0 Å². The van der Waals surface area contributed by atoms with Crippen molar-refractivity contribution in [3.05, 3.63) is 0 Å². The molecule has 0 saturated carbocycles. The van der Waals surface area contributed by atoms with Crippen LogP contribution in [0.25, 0.3) is 0 Å². The second-order valence-electron chi connectivity index (χ2n) is 3.62. The van der Waals surface area contributed by atoms with E-state index in [-0.39, 0.29) is 0 Å². The molecule has 10 heavy (non-hydrogen) atoms. The standard InChI is InChI=1S/C7H14.C2H5.Tl/c1-3-5-7-6-4-2;1-2;/h6H,1,3-5,7H2,2H3;1H2,2H3;. The normalized spacial score (nSPS) is 27.0. The number of hydrogen-bond acceptors (Lipinski definition) is 0. The Hall–Kier alpha value is 0.922. The SMILES string of the molecule is CC[CH]1CCC[CH2][Tl]1[CH2]C. The van der Waals surface area contributed by atoms with Crippen LogP contribution in [0.5, 0.6) is 0 Å². The van der Waals surface area contributed by atoms with Gasteiger partial charge in [-0.2, -0.15) is 0 Å². The van der Waals surface area contributed by atoms with Crippen molar-refractivity contribution in [3.8, 4) is 0 Å². The topological polar surface area (TPSA) is 0 Å². The third-order valence-electron chi connectivity index (χ3n) is 3.12. The van der Waals surface area contributed by atoms with Crippen LogP contribution in [-0.2, 0) is 0 Å². The quantitative estimate of drug-likeness (QED) is 0.680. The van der Waals surface area contributed by atoms with Gasteiger partial charge in [-0.15, -0.1) is 0 Å². The van der Waals surface area contributed by atoms with Gasteiger partial charge in [-0.05, 0) is 0 Å². The Morgan fingerprint density at radius 2 is 2.10 bits per heavy atom. The van der Waals surface area contributed by atoms with Crippen LogP contribution in [-0.4, -0.2) is 22.7 Å². The minimum atomic E-state index is -0.993. The molecule has 1 rings (SSSR count). The summed E-state index contributed by atoms with van der Waals surface area (Å²) in [6, 6.07) is 0. The van der Waals surface area contributed by atoms with Crippen LogP contribution in [0.4, 0.5) is 0 Å². The van der Waals surface area contributed by atoms with E-state index in [1.165, 1.54) is 9.90 Å². The van der Waals surface area contributed by atoms with Crippen LogP contribution in [0.15, 0.2) is 0 Å². The molecule has 0 radical (unpaired) electrons. The molecule has 0 aromatic carbocycles. The van der Waals surface area contributed by atoms with E-state index in [9.17, 15) is 0 Å². The zero-order chi connectivity index (χ0) is 7.40. The second kappa shape index (κ2) is 4.73. The summed E-state index contributed by atoms with van der Waals surface area (Å²) in [4.78, 5) is 0. The van der Waals surface area contributed by atoms with E-state index in [4.69, 9.17) is 0 Å². The molecule has 1 aliphatic rings. The average Bonchev–Trinajstić information content (AvgIpc) is 2.04. The molecule has 1 fully saturated rings. The minimum absolute atomic E-state index is 0.993. The van der Waals surface area contributed by atoms with Crippen molar-refractivity contribution in [2.75, 3.05) is 0 Å².